The van der Waals surface area contributed by atoms with E-state index in [1.54, 1.807) is 10.8 Å². The first-order chi connectivity index (χ1) is 20.5. The molecule has 4 heterocycles. The van der Waals surface area contributed by atoms with Crippen molar-refractivity contribution >= 4 is 34.3 Å². The predicted octanol–water partition coefficient (Wildman–Crippen LogP) is 5.49. The van der Waals surface area contributed by atoms with Crippen LogP contribution in [0, 0.1) is 10.8 Å². The molecule has 2 aromatic carbocycles. The molecule has 2 fully saturated rings. The number of imidazole rings is 1. The molecule has 10 heteroatoms. The summed E-state index contributed by atoms with van der Waals surface area (Å²) in [6.45, 7) is 8.58. The van der Waals surface area contributed by atoms with E-state index in [9.17, 15) is 14.4 Å². The van der Waals surface area contributed by atoms with Gasteiger partial charge in [0, 0.05) is 56.1 Å². The van der Waals surface area contributed by atoms with Crippen LogP contribution in [0.3, 0.4) is 0 Å². The Balaban J connectivity index is 1.11. The number of aromatic nitrogens is 4. The van der Waals surface area contributed by atoms with Crippen molar-refractivity contribution in [3.63, 3.8) is 0 Å². The highest BCUT2D eigenvalue weighted by atomic mass is 35.5. The maximum Gasteiger partial charge on any atom is 0.326 e. The van der Waals surface area contributed by atoms with Crippen molar-refractivity contribution < 1.29 is 9.59 Å². The quantitative estimate of drug-likeness (QED) is 0.316. The van der Waals surface area contributed by atoms with Crippen LogP contribution in [-0.4, -0.2) is 61.0 Å². The van der Waals surface area contributed by atoms with Gasteiger partial charge in [0.05, 0.1) is 27.8 Å². The molecular weight excluding hydrogens is 564 g/mol. The Labute approximate surface area is 255 Å². The Morgan fingerprint density at radius 3 is 2.60 bits per heavy atom. The summed E-state index contributed by atoms with van der Waals surface area (Å²) in [7, 11) is 0. The monoisotopic (exact) mass is 600 g/mol. The van der Waals surface area contributed by atoms with E-state index in [0.29, 0.717) is 50.5 Å². The van der Waals surface area contributed by atoms with E-state index in [1.165, 1.54) is 0 Å². The zero-order valence-corrected chi connectivity index (χ0v) is 25.6. The number of benzene rings is 2. The molecule has 9 nitrogen and oxygen atoms in total. The number of nitrogens with one attached hydrogen (secondary N) is 2. The zero-order chi connectivity index (χ0) is 30.1. The van der Waals surface area contributed by atoms with Crippen LogP contribution in [0.15, 0.2) is 53.6 Å². The molecule has 0 bridgehead atoms. The molecule has 0 radical (unpaired) electrons. The average molecular weight is 601 g/mol. The number of amides is 2. The summed E-state index contributed by atoms with van der Waals surface area (Å²) >= 11 is 6.66. The molecule has 0 unspecified atom stereocenters. The van der Waals surface area contributed by atoms with Crippen LogP contribution in [0.25, 0.3) is 22.2 Å². The van der Waals surface area contributed by atoms with Crippen LogP contribution in [-0.2, 0) is 16.1 Å². The summed E-state index contributed by atoms with van der Waals surface area (Å²) in [4.78, 5) is 47.7. The van der Waals surface area contributed by atoms with Gasteiger partial charge in [-0.05, 0) is 47.4 Å². The Hall–Kier alpha value is -3.85. The number of carbonyl (C=O) groups is 2. The number of aromatic amines is 2. The third-order valence-electron chi connectivity index (χ3n) is 9.52. The molecule has 1 aliphatic carbocycles. The lowest BCUT2D eigenvalue weighted by Gasteiger charge is -2.35. The summed E-state index contributed by atoms with van der Waals surface area (Å²) in [5, 5.41) is 8.78. The first kappa shape index (κ1) is 28.0. The van der Waals surface area contributed by atoms with E-state index in [0.717, 1.165) is 33.3 Å². The molecule has 2 N–H and O–H groups in total. The number of nitrogens with zero attached hydrogens (tertiary/aromatic N) is 4. The fourth-order valence-electron chi connectivity index (χ4n) is 7.35. The van der Waals surface area contributed by atoms with Crippen LogP contribution in [0.4, 0.5) is 0 Å². The molecule has 43 heavy (non-hydrogen) atoms. The zero-order valence-electron chi connectivity index (χ0n) is 24.8. The van der Waals surface area contributed by atoms with Gasteiger partial charge >= 0.3 is 5.69 Å². The van der Waals surface area contributed by atoms with Gasteiger partial charge in [-0.1, -0.05) is 62.7 Å². The van der Waals surface area contributed by atoms with Gasteiger partial charge in [0.15, 0.2) is 0 Å². The van der Waals surface area contributed by atoms with Crippen molar-refractivity contribution in [2.45, 2.75) is 65.0 Å². The largest absolute Gasteiger partial charge is 0.343 e. The second-order valence-corrected chi connectivity index (χ2v) is 14.2. The molecule has 1 saturated carbocycles. The average Bonchev–Trinajstić information content (AvgIpc) is 3.30. The van der Waals surface area contributed by atoms with Crippen molar-refractivity contribution in [2.75, 3.05) is 19.6 Å². The summed E-state index contributed by atoms with van der Waals surface area (Å²) in [6, 6.07) is 11.8. The van der Waals surface area contributed by atoms with E-state index in [1.807, 2.05) is 52.4 Å². The molecule has 2 atom stereocenters. The lowest BCUT2D eigenvalue weighted by molar-refractivity contribution is -0.144. The standard InChI is InChI=1S/C33H37ClN6O3/c1-32(2,3)19-39-17-24-22(13-26(34)29-23(24)16-35-37-29)25-14-33(25,30(39)42)15-28(41)38-11-9-21(10-12-38)40-18-27(36-31(40)43)20-7-5-4-6-8-20/h4-8,13,16,18,21,25H,9-12,14-15,17,19H2,1-3H3,(H,35,37)(H,36,43)/t25-,33+/m1/s1. The van der Waals surface area contributed by atoms with Gasteiger partial charge < -0.3 is 14.8 Å². The van der Waals surface area contributed by atoms with Crippen LogP contribution < -0.4 is 5.69 Å². The second kappa shape index (κ2) is 10.1. The molecule has 1 saturated heterocycles. The number of likely N-dealkylation sites (tertiary alicyclic amines) is 1. The summed E-state index contributed by atoms with van der Waals surface area (Å²) in [5.74, 6) is 0.0235. The number of rotatable bonds is 5. The molecular formula is C33H37ClN6O3. The summed E-state index contributed by atoms with van der Waals surface area (Å²) in [5.41, 5.74) is 3.70. The maximum atomic E-state index is 14.3. The molecule has 2 amide bonds. The number of hydrogen-bond acceptors (Lipinski definition) is 4. The van der Waals surface area contributed by atoms with Gasteiger partial charge in [-0.25, -0.2) is 4.79 Å². The number of halogens is 1. The first-order valence-corrected chi connectivity index (χ1v) is 15.5. The van der Waals surface area contributed by atoms with Gasteiger partial charge in [0.1, 0.15) is 0 Å². The Morgan fingerprint density at radius 2 is 1.88 bits per heavy atom. The number of H-pyrrole nitrogens is 2. The number of carbonyl (C=O) groups excluding carboxylic acids is 2. The third kappa shape index (κ3) is 4.87. The Morgan fingerprint density at radius 1 is 1.14 bits per heavy atom. The highest BCUT2D eigenvalue weighted by Gasteiger charge is 2.64. The second-order valence-electron chi connectivity index (χ2n) is 13.8. The molecule has 224 valence electrons. The smallest absolute Gasteiger partial charge is 0.326 e. The number of piperidine rings is 1. The van der Waals surface area contributed by atoms with Gasteiger partial charge in [-0.3, -0.25) is 19.3 Å². The molecule has 2 aromatic heterocycles. The van der Waals surface area contributed by atoms with Crippen LogP contribution >= 0.6 is 11.6 Å². The van der Waals surface area contributed by atoms with Crippen molar-refractivity contribution in [3.05, 3.63) is 75.4 Å². The van der Waals surface area contributed by atoms with Gasteiger partial charge in [0.25, 0.3) is 0 Å². The van der Waals surface area contributed by atoms with Crippen LogP contribution in [0.1, 0.15) is 69.5 Å². The Kier molecular flexibility index (Phi) is 6.57. The summed E-state index contributed by atoms with van der Waals surface area (Å²) in [6.07, 6.45) is 5.89. The van der Waals surface area contributed by atoms with Gasteiger partial charge in [-0.2, -0.15) is 5.10 Å². The van der Waals surface area contributed by atoms with Crippen LogP contribution in [0.2, 0.25) is 5.02 Å². The SMILES string of the molecule is CC(C)(C)CN1Cc2c(cc(Cl)c3[nH]ncc23)[C@H]2C[C@@]2(CC(=O)N2CCC(n3cc(-c4ccccc4)[nH]c3=O)CC2)C1=O. The van der Waals surface area contributed by atoms with Crippen molar-refractivity contribution in [1.29, 1.82) is 0 Å². The van der Waals surface area contributed by atoms with E-state index in [2.05, 4.69) is 36.0 Å². The summed E-state index contributed by atoms with van der Waals surface area (Å²) < 4.78 is 1.77. The normalized spacial score (nSPS) is 22.4. The minimum absolute atomic E-state index is 0.00957. The van der Waals surface area contributed by atoms with Gasteiger partial charge in [-0.15, -0.1) is 0 Å². The highest BCUT2D eigenvalue weighted by Crippen LogP contribution is 2.65. The highest BCUT2D eigenvalue weighted by molar-refractivity contribution is 6.35. The first-order valence-electron chi connectivity index (χ1n) is 15.1. The molecule has 2 aliphatic heterocycles. The van der Waals surface area contributed by atoms with Crippen LogP contribution in [0.5, 0.6) is 0 Å². The number of hydrogen-bond donors (Lipinski definition) is 2. The lowest BCUT2D eigenvalue weighted by atomic mass is 9.91. The lowest BCUT2D eigenvalue weighted by Crippen LogP contribution is -2.45. The Bertz CT molecular complexity index is 1780. The number of fused-ring (bicyclic) bond motifs is 5. The van der Waals surface area contributed by atoms with Gasteiger partial charge in [0.2, 0.25) is 11.8 Å². The van der Waals surface area contributed by atoms with Crippen molar-refractivity contribution in [3.8, 4) is 11.3 Å². The predicted molar refractivity (Wildman–Crippen MR) is 166 cm³/mol. The van der Waals surface area contributed by atoms with Crippen molar-refractivity contribution in [1.82, 2.24) is 29.5 Å². The minimum Gasteiger partial charge on any atom is -0.343 e. The minimum atomic E-state index is -0.757. The molecule has 0 spiro atoms. The maximum absolute atomic E-state index is 14.3. The topological polar surface area (TPSA) is 107 Å². The van der Waals surface area contributed by atoms with E-state index in [4.69, 9.17) is 11.6 Å². The van der Waals surface area contributed by atoms with E-state index >= 15 is 0 Å². The third-order valence-corrected chi connectivity index (χ3v) is 9.82. The molecule has 4 aromatic rings. The fourth-order valence-corrected chi connectivity index (χ4v) is 7.62. The molecule has 3 aliphatic rings. The fraction of sp³-hybridized carbons (Fsp3) is 0.455. The molecule has 7 rings (SSSR count). The van der Waals surface area contributed by atoms with E-state index in [-0.39, 0.29) is 41.3 Å². The van der Waals surface area contributed by atoms with E-state index < -0.39 is 5.41 Å². The van der Waals surface area contributed by atoms with Crippen molar-refractivity contribution in [2.24, 2.45) is 10.8 Å².